The van der Waals surface area contributed by atoms with Gasteiger partial charge < -0.3 is 15.5 Å². The molecule has 25 heavy (non-hydrogen) atoms. The minimum atomic E-state index is 0. The molecule has 5 nitrogen and oxygen atoms in total. The van der Waals surface area contributed by atoms with Gasteiger partial charge in [0.15, 0.2) is 5.96 Å². The van der Waals surface area contributed by atoms with E-state index in [0.717, 1.165) is 19.0 Å². The molecule has 2 rings (SSSR count). The number of likely N-dealkylation sites (tertiary alicyclic amines) is 2. The Morgan fingerprint density at radius 3 is 2.48 bits per heavy atom. The maximum absolute atomic E-state index is 4.45. The van der Waals surface area contributed by atoms with E-state index in [2.05, 4.69) is 39.3 Å². The molecule has 0 spiro atoms. The van der Waals surface area contributed by atoms with Crippen LogP contribution in [0, 0.1) is 0 Å². The zero-order chi connectivity index (χ0) is 17.2. The van der Waals surface area contributed by atoms with Gasteiger partial charge in [0.2, 0.25) is 0 Å². The van der Waals surface area contributed by atoms with Crippen LogP contribution in [0.25, 0.3) is 0 Å². The largest absolute Gasteiger partial charge is 0.355 e. The summed E-state index contributed by atoms with van der Waals surface area (Å²) >= 11 is 0. The van der Waals surface area contributed by atoms with Crippen molar-refractivity contribution in [1.29, 1.82) is 0 Å². The lowest BCUT2D eigenvalue weighted by molar-refractivity contribution is 0.157. The highest BCUT2D eigenvalue weighted by atomic mass is 127. The van der Waals surface area contributed by atoms with E-state index < -0.39 is 0 Å². The third-order valence-electron chi connectivity index (χ3n) is 5.64. The molecule has 0 radical (unpaired) electrons. The second-order valence-electron chi connectivity index (χ2n) is 7.35. The van der Waals surface area contributed by atoms with Crippen molar-refractivity contribution in [2.75, 3.05) is 46.3 Å². The van der Waals surface area contributed by atoms with E-state index >= 15 is 0 Å². The predicted octanol–water partition coefficient (Wildman–Crippen LogP) is 2.91. The van der Waals surface area contributed by atoms with Gasteiger partial charge in [0.05, 0.1) is 0 Å². The number of nitrogens with one attached hydrogen (secondary N) is 2. The Bertz CT molecular complexity index is 369. The van der Waals surface area contributed by atoms with Gasteiger partial charge >= 0.3 is 0 Å². The van der Waals surface area contributed by atoms with Gasteiger partial charge in [-0.05, 0) is 51.7 Å². The first-order valence-electron chi connectivity index (χ1n) is 10.2. The summed E-state index contributed by atoms with van der Waals surface area (Å²) in [5.74, 6) is 0.989. The highest BCUT2D eigenvalue weighted by Gasteiger charge is 2.22. The average Bonchev–Trinajstić information content (AvgIpc) is 2.64. The molecule has 1 atom stereocenters. The zero-order valence-electron chi connectivity index (χ0n) is 16.6. The van der Waals surface area contributed by atoms with Crippen LogP contribution in [-0.2, 0) is 0 Å². The third kappa shape index (κ3) is 7.99. The summed E-state index contributed by atoms with van der Waals surface area (Å²) in [5, 5.41) is 7.23. The summed E-state index contributed by atoms with van der Waals surface area (Å²) < 4.78 is 0. The summed E-state index contributed by atoms with van der Waals surface area (Å²) in [6.45, 7) is 11.7. The molecule has 2 fully saturated rings. The molecule has 0 aliphatic carbocycles. The van der Waals surface area contributed by atoms with E-state index in [1.54, 1.807) is 0 Å². The van der Waals surface area contributed by atoms with Crippen LogP contribution in [0.2, 0.25) is 0 Å². The standard InChI is InChI=1S/C19H39N5.HI/c1-4-6-12-23-14-10-17(11-15-23)22-19(20-3)21-16-18-9-7-8-13-24(18)5-2;/h17-18H,4-16H2,1-3H3,(H2,20,21,22);1H. The maximum Gasteiger partial charge on any atom is 0.191 e. The Hall–Kier alpha value is -0.0800. The Balaban J connectivity index is 0.00000312. The number of hydrogen-bond donors (Lipinski definition) is 2. The highest BCUT2D eigenvalue weighted by molar-refractivity contribution is 14.0. The molecule has 1 unspecified atom stereocenters. The lowest BCUT2D eigenvalue weighted by Crippen LogP contribution is -2.52. The molecular weight excluding hydrogens is 425 g/mol. The highest BCUT2D eigenvalue weighted by Crippen LogP contribution is 2.16. The van der Waals surface area contributed by atoms with E-state index in [1.165, 1.54) is 71.1 Å². The topological polar surface area (TPSA) is 42.9 Å². The van der Waals surface area contributed by atoms with E-state index in [-0.39, 0.29) is 24.0 Å². The maximum atomic E-state index is 4.45. The summed E-state index contributed by atoms with van der Waals surface area (Å²) in [6, 6.07) is 1.24. The van der Waals surface area contributed by atoms with Gasteiger partial charge in [-0.25, -0.2) is 0 Å². The van der Waals surface area contributed by atoms with Crippen molar-refractivity contribution < 1.29 is 0 Å². The van der Waals surface area contributed by atoms with Gasteiger partial charge in [-0.2, -0.15) is 0 Å². The molecule has 2 aliphatic heterocycles. The third-order valence-corrected chi connectivity index (χ3v) is 5.64. The van der Waals surface area contributed by atoms with Crippen molar-refractivity contribution >= 4 is 29.9 Å². The van der Waals surface area contributed by atoms with Crippen LogP contribution < -0.4 is 10.6 Å². The molecular formula is C19H40IN5. The fourth-order valence-corrected chi connectivity index (χ4v) is 3.99. The molecule has 0 aromatic heterocycles. The molecule has 0 saturated carbocycles. The second-order valence-corrected chi connectivity index (χ2v) is 7.35. The molecule has 0 amide bonds. The zero-order valence-corrected chi connectivity index (χ0v) is 18.9. The lowest BCUT2D eigenvalue weighted by Gasteiger charge is -2.36. The van der Waals surface area contributed by atoms with E-state index in [0.29, 0.717) is 12.1 Å². The molecule has 0 aromatic rings. The van der Waals surface area contributed by atoms with Crippen LogP contribution in [0.4, 0.5) is 0 Å². The monoisotopic (exact) mass is 465 g/mol. The summed E-state index contributed by atoms with van der Waals surface area (Å²) in [5.41, 5.74) is 0. The van der Waals surface area contributed by atoms with Crippen LogP contribution in [0.15, 0.2) is 4.99 Å². The molecule has 2 aliphatic rings. The Kier molecular flexibility index (Phi) is 12.1. The minimum Gasteiger partial charge on any atom is -0.355 e. The molecule has 2 N–H and O–H groups in total. The molecule has 0 bridgehead atoms. The SMILES string of the molecule is CCCCN1CCC(NC(=NC)NCC2CCCCN2CC)CC1.I. The van der Waals surface area contributed by atoms with Gasteiger partial charge in [0.25, 0.3) is 0 Å². The average molecular weight is 465 g/mol. The second kappa shape index (κ2) is 13.1. The molecule has 0 aromatic carbocycles. The van der Waals surface area contributed by atoms with E-state index in [1.807, 2.05) is 7.05 Å². The Morgan fingerprint density at radius 1 is 1.08 bits per heavy atom. The first-order valence-corrected chi connectivity index (χ1v) is 10.2. The van der Waals surface area contributed by atoms with E-state index in [4.69, 9.17) is 0 Å². The predicted molar refractivity (Wildman–Crippen MR) is 119 cm³/mol. The first kappa shape index (κ1) is 23.0. The van der Waals surface area contributed by atoms with Gasteiger partial charge in [0, 0.05) is 38.8 Å². The van der Waals surface area contributed by atoms with Crippen LogP contribution in [0.1, 0.15) is 58.8 Å². The molecule has 2 heterocycles. The smallest absolute Gasteiger partial charge is 0.191 e. The van der Waals surface area contributed by atoms with Gasteiger partial charge in [-0.1, -0.05) is 26.7 Å². The molecule has 2 saturated heterocycles. The number of guanidine groups is 1. The number of hydrogen-bond acceptors (Lipinski definition) is 3. The van der Waals surface area contributed by atoms with Crippen molar-refractivity contribution in [2.45, 2.75) is 70.9 Å². The minimum absolute atomic E-state index is 0. The van der Waals surface area contributed by atoms with Crippen molar-refractivity contribution in [2.24, 2.45) is 4.99 Å². The number of rotatable bonds is 7. The van der Waals surface area contributed by atoms with Gasteiger partial charge in [-0.15, -0.1) is 24.0 Å². The van der Waals surface area contributed by atoms with E-state index in [9.17, 15) is 0 Å². The van der Waals surface area contributed by atoms with Crippen LogP contribution in [0.3, 0.4) is 0 Å². The fraction of sp³-hybridized carbons (Fsp3) is 0.947. The van der Waals surface area contributed by atoms with Gasteiger partial charge in [0.1, 0.15) is 0 Å². The number of likely N-dealkylation sites (N-methyl/N-ethyl adjacent to an activating group) is 1. The van der Waals surface area contributed by atoms with Crippen molar-refractivity contribution in [1.82, 2.24) is 20.4 Å². The molecule has 6 heteroatoms. The van der Waals surface area contributed by atoms with Crippen molar-refractivity contribution in [3.05, 3.63) is 0 Å². The van der Waals surface area contributed by atoms with Crippen LogP contribution >= 0.6 is 24.0 Å². The Labute approximate surface area is 172 Å². The number of unbranched alkanes of at least 4 members (excludes halogenated alkanes) is 1. The number of nitrogens with zero attached hydrogens (tertiary/aromatic N) is 3. The van der Waals surface area contributed by atoms with Crippen molar-refractivity contribution in [3.8, 4) is 0 Å². The molecule has 148 valence electrons. The quantitative estimate of drug-likeness (QED) is 0.345. The van der Waals surface area contributed by atoms with Crippen LogP contribution in [-0.4, -0.2) is 74.2 Å². The number of aliphatic imine (C=N–C) groups is 1. The first-order chi connectivity index (χ1) is 11.8. The summed E-state index contributed by atoms with van der Waals surface area (Å²) in [6.07, 6.45) is 9.12. The van der Waals surface area contributed by atoms with Gasteiger partial charge in [-0.3, -0.25) is 9.89 Å². The number of halogens is 1. The number of piperidine rings is 2. The van der Waals surface area contributed by atoms with Crippen LogP contribution in [0.5, 0.6) is 0 Å². The summed E-state index contributed by atoms with van der Waals surface area (Å²) in [7, 11) is 1.89. The lowest BCUT2D eigenvalue weighted by atomic mass is 10.0. The fourth-order valence-electron chi connectivity index (χ4n) is 3.99. The normalized spacial score (nSPS) is 24.0. The van der Waals surface area contributed by atoms with Crippen molar-refractivity contribution in [3.63, 3.8) is 0 Å². The Morgan fingerprint density at radius 2 is 1.84 bits per heavy atom. The summed E-state index contributed by atoms with van der Waals surface area (Å²) in [4.78, 5) is 9.67.